The minimum atomic E-state index is 0.597. The minimum absolute atomic E-state index is 0.597. The van der Waals surface area contributed by atoms with Crippen LogP contribution in [0.25, 0.3) is 0 Å². The maximum Gasteiger partial charge on any atom is 0.118 e. The molecular weight excluding hydrogens is 280 g/mol. The Hall–Kier alpha value is -0.710. The monoisotopic (exact) mass is 308 g/mol. The summed E-state index contributed by atoms with van der Waals surface area (Å²) < 4.78 is 5.27. The van der Waals surface area contributed by atoms with Crippen molar-refractivity contribution >= 4 is 11.8 Å². The van der Waals surface area contributed by atoms with E-state index in [1.54, 1.807) is 7.11 Å². The molecule has 1 aliphatic heterocycles. The predicted molar refractivity (Wildman–Crippen MR) is 92.6 cm³/mol. The van der Waals surface area contributed by atoms with Crippen molar-refractivity contribution in [3.8, 4) is 5.75 Å². The molecule has 0 N–H and O–H groups in total. The Morgan fingerprint density at radius 2 is 1.95 bits per heavy atom. The molecule has 3 nitrogen and oxygen atoms in total. The lowest BCUT2D eigenvalue weighted by Crippen LogP contribution is -2.34. The summed E-state index contributed by atoms with van der Waals surface area (Å²) >= 11 is 1.94. The number of ether oxygens (including phenoxy) is 1. The first-order chi connectivity index (χ1) is 10.2. The van der Waals surface area contributed by atoms with Crippen LogP contribution in [0.4, 0.5) is 0 Å². The Kier molecular flexibility index (Phi) is 6.40. The molecule has 1 fully saturated rings. The first-order valence-electron chi connectivity index (χ1n) is 7.67. The van der Waals surface area contributed by atoms with Crippen molar-refractivity contribution in [3.05, 3.63) is 29.8 Å². The fourth-order valence-electron chi connectivity index (χ4n) is 3.18. The van der Waals surface area contributed by atoms with Crippen molar-refractivity contribution in [1.82, 2.24) is 9.80 Å². The van der Waals surface area contributed by atoms with E-state index in [-0.39, 0.29) is 0 Å². The molecule has 0 amide bonds. The summed E-state index contributed by atoms with van der Waals surface area (Å²) in [5.74, 6) is 2.80. The van der Waals surface area contributed by atoms with Crippen LogP contribution in [0, 0.1) is 0 Å². The van der Waals surface area contributed by atoms with Crippen LogP contribution in [-0.4, -0.2) is 68.7 Å². The van der Waals surface area contributed by atoms with Gasteiger partial charge in [-0.3, -0.25) is 0 Å². The van der Waals surface area contributed by atoms with Crippen LogP contribution in [0.5, 0.6) is 5.75 Å². The van der Waals surface area contributed by atoms with Gasteiger partial charge in [-0.2, -0.15) is 11.8 Å². The molecule has 21 heavy (non-hydrogen) atoms. The van der Waals surface area contributed by atoms with E-state index in [2.05, 4.69) is 54.4 Å². The van der Waals surface area contributed by atoms with E-state index in [0.717, 1.165) is 5.75 Å². The van der Waals surface area contributed by atoms with Crippen molar-refractivity contribution in [2.45, 2.75) is 18.4 Å². The molecule has 1 aromatic rings. The topological polar surface area (TPSA) is 15.7 Å². The maximum absolute atomic E-state index is 5.27. The highest BCUT2D eigenvalue weighted by Crippen LogP contribution is 2.31. The third kappa shape index (κ3) is 4.38. The Morgan fingerprint density at radius 1 is 1.24 bits per heavy atom. The lowest BCUT2D eigenvalue weighted by Gasteiger charge is -2.25. The largest absolute Gasteiger partial charge is 0.497 e. The standard InChI is InChI=1S/C17H28N2OS/c1-18(2)17-13-19(10-5-11-21-4)12-16(17)14-6-8-15(20-3)9-7-14/h6-9,16-17H,5,10-13H2,1-4H3/t16-,17+/m0/s1. The molecule has 1 heterocycles. The number of benzene rings is 1. The number of hydrogen-bond donors (Lipinski definition) is 0. The van der Waals surface area contributed by atoms with Crippen molar-refractivity contribution in [1.29, 1.82) is 0 Å². The van der Waals surface area contributed by atoms with Gasteiger partial charge in [-0.25, -0.2) is 0 Å². The van der Waals surface area contributed by atoms with E-state index >= 15 is 0 Å². The quantitative estimate of drug-likeness (QED) is 0.720. The van der Waals surface area contributed by atoms with Crippen LogP contribution >= 0.6 is 11.8 Å². The zero-order valence-corrected chi connectivity index (χ0v) is 14.5. The molecule has 0 aliphatic carbocycles. The molecule has 4 heteroatoms. The summed E-state index contributed by atoms with van der Waals surface area (Å²) in [5.41, 5.74) is 1.43. The Labute approximate surface area is 133 Å². The molecule has 118 valence electrons. The molecule has 0 unspecified atom stereocenters. The Morgan fingerprint density at radius 3 is 2.52 bits per heavy atom. The van der Waals surface area contributed by atoms with Gasteiger partial charge in [0.05, 0.1) is 7.11 Å². The molecule has 1 aliphatic rings. The molecule has 1 saturated heterocycles. The molecule has 2 atom stereocenters. The normalized spacial score (nSPS) is 22.9. The molecule has 0 bridgehead atoms. The van der Waals surface area contributed by atoms with Gasteiger partial charge < -0.3 is 14.5 Å². The molecule has 1 aromatic carbocycles. The van der Waals surface area contributed by atoms with Crippen molar-refractivity contribution < 1.29 is 4.74 Å². The average Bonchev–Trinajstić information content (AvgIpc) is 2.92. The Bertz CT molecular complexity index is 421. The number of likely N-dealkylation sites (tertiary alicyclic amines) is 1. The first-order valence-corrected chi connectivity index (χ1v) is 9.06. The van der Waals surface area contributed by atoms with E-state index in [1.165, 1.54) is 37.4 Å². The lowest BCUT2D eigenvalue weighted by molar-refractivity contribution is 0.263. The Balaban J connectivity index is 2.04. The number of hydrogen-bond acceptors (Lipinski definition) is 4. The summed E-state index contributed by atoms with van der Waals surface area (Å²) in [5, 5.41) is 0. The van der Waals surface area contributed by atoms with Gasteiger partial charge in [0.2, 0.25) is 0 Å². The highest BCUT2D eigenvalue weighted by Gasteiger charge is 2.34. The summed E-state index contributed by atoms with van der Waals surface area (Å²) in [6.45, 7) is 3.57. The number of thioether (sulfide) groups is 1. The fourth-order valence-corrected chi connectivity index (χ4v) is 3.60. The zero-order chi connectivity index (χ0) is 15.2. The molecule has 0 saturated carbocycles. The molecule has 2 rings (SSSR count). The van der Waals surface area contributed by atoms with Crippen LogP contribution in [0.1, 0.15) is 17.9 Å². The smallest absolute Gasteiger partial charge is 0.118 e. The summed E-state index contributed by atoms with van der Waals surface area (Å²) in [4.78, 5) is 5.00. The van der Waals surface area contributed by atoms with Gasteiger partial charge in [-0.05, 0) is 56.8 Å². The van der Waals surface area contributed by atoms with E-state index in [0.29, 0.717) is 12.0 Å². The van der Waals surface area contributed by atoms with Crippen LogP contribution in [0.3, 0.4) is 0 Å². The average molecular weight is 308 g/mol. The van der Waals surface area contributed by atoms with E-state index in [1.807, 2.05) is 11.8 Å². The van der Waals surface area contributed by atoms with Gasteiger partial charge in [-0.1, -0.05) is 12.1 Å². The number of likely N-dealkylation sites (N-methyl/N-ethyl adjacent to an activating group) is 1. The van der Waals surface area contributed by atoms with Gasteiger partial charge in [0, 0.05) is 25.0 Å². The van der Waals surface area contributed by atoms with Gasteiger partial charge in [0.1, 0.15) is 5.75 Å². The molecule has 0 spiro atoms. The summed E-state index contributed by atoms with van der Waals surface area (Å²) in [6, 6.07) is 9.22. The second kappa shape index (κ2) is 8.06. The predicted octanol–water partition coefficient (Wildman–Crippen LogP) is 2.78. The molecule has 0 radical (unpaired) electrons. The maximum atomic E-state index is 5.27. The highest BCUT2D eigenvalue weighted by molar-refractivity contribution is 7.98. The van der Waals surface area contributed by atoms with E-state index < -0.39 is 0 Å². The number of methoxy groups -OCH3 is 1. The van der Waals surface area contributed by atoms with Gasteiger partial charge in [0.25, 0.3) is 0 Å². The lowest BCUT2D eigenvalue weighted by atomic mass is 9.93. The SMILES string of the molecule is COc1ccc([C@@H]2CN(CCCSC)C[C@H]2N(C)C)cc1. The number of nitrogens with zero attached hydrogens (tertiary/aromatic N) is 2. The van der Waals surface area contributed by atoms with Gasteiger partial charge >= 0.3 is 0 Å². The van der Waals surface area contributed by atoms with Gasteiger partial charge in [-0.15, -0.1) is 0 Å². The van der Waals surface area contributed by atoms with E-state index in [9.17, 15) is 0 Å². The first kappa shape index (κ1) is 16.7. The molecular formula is C17H28N2OS. The minimum Gasteiger partial charge on any atom is -0.497 e. The third-order valence-electron chi connectivity index (χ3n) is 4.39. The van der Waals surface area contributed by atoms with Gasteiger partial charge in [0.15, 0.2) is 0 Å². The van der Waals surface area contributed by atoms with Crippen LogP contribution < -0.4 is 4.74 Å². The van der Waals surface area contributed by atoms with Crippen molar-refractivity contribution in [2.75, 3.05) is 52.8 Å². The van der Waals surface area contributed by atoms with Crippen molar-refractivity contribution in [2.24, 2.45) is 0 Å². The van der Waals surface area contributed by atoms with Crippen LogP contribution in [0.2, 0.25) is 0 Å². The summed E-state index contributed by atoms with van der Waals surface area (Å²) in [7, 11) is 6.12. The second-order valence-corrected chi connectivity index (χ2v) is 7.00. The third-order valence-corrected chi connectivity index (χ3v) is 5.09. The number of rotatable bonds is 7. The van der Waals surface area contributed by atoms with Crippen LogP contribution in [-0.2, 0) is 0 Å². The second-order valence-electron chi connectivity index (χ2n) is 6.02. The van der Waals surface area contributed by atoms with E-state index in [4.69, 9.17) is 4.74 Å². The summed E-state index contributed by atoms with van der Waals surface area (Å²) in [6.07, 6.45) is 3.48. The fraction of sp³-hybridized carbons (Fsp3) is 0.647. The highest BCUT2D eigenvalue weighted by atomic mass is 32.2. The van der Waals surface area contributed by atoms with Crippen LogP contribution in [0.15, 0.2) is 24.3 Å². The molecule has 0 aromatic heterocycles. The van der Waals surface area contributed by atoms with Crippen molar-refractivity contribution in [3.63, 3.8) is 0 Å². The zero-order valence-electron chi connectivity index (χ0n) is 13.7.